The lowest BCUT2D eigenvalue weighted by Gasteiger charge is -2.41. The van der Waals surface area contributed by atoms with E-state index in [0.29, 0.717) is 5.92 Å². The monoisotopic (exact) mass is 182 g/mol. The molecule has 1 rings (SSSR count). The summed E-state index contributed by atoms with van der Waals surface area (Å²) < 4.78 is 0. The molecule has 76 valence electrons. The molecule has 1 aliphatic rings. The third-order valence-electron chi connectivity index (χ3n) is 3.80. The molecule has 1 atom stereocenters. The predicted octanol–water partition coefficient (Wildman–Crippen LogP) is 2.59. The van der Waals surface area contributed by atoms with Crippen LogP contribution in [0.3, 0.4) is 0 Å². The normalized spacial score (nSPS) is 30.9. The molecule has 1 N–H and O–H groups in total. The zero-order valence-electron chi connectivity index (χ0n) is 9.52. The SMILES string of the molecule is CCC(CC)C1(C)N=CNC1(C)C. The largest absolute Gasteiger partial charge is 0.369 e. The van der Waals surface area contributed by atoms with Crippen LogP contribution in [-0.2, 0) is 0 Å². The zero-order chi connectivity index (χ0) is 10.1. The highest BCUT2D eigenvalue weighted by atomic mass is 15.2. The Bertz CT molecular complexity index is 204. The topological polar surface area (TPSA) is 24.4 Å². The molecule has 0 aromatic rings. The van der Waals surface area contributed by atoms with E-state index in [2.05, 4.69) is 44.9 Å². The van der Waals surface area contributed by atoms with Gasteiger partial charge in [0.25, 0.3) is 0 Å². The fourth-order valence-electron chi connectivity index (χ4n) is 2.33. The number of hydrogen-bond acceptors (Lipinski definition) is 2. The minimum Gasteiger partial charge on any atom is -0.369 e. The second-order valence-electron chi connectivity index (χ2n) is 4.69. The predicted molar refractivity (Wildman–Crippen MR) is 58.2 cm³/mol. The van der Waals surface area contributed by atoms with Crippen LogP contribution >= 0.6 is 0 Å². The van der Waals surface area contributed by atoms with Crippen LogP contribution in [0.4, 0.5) is 0 Å². The molecular weight excluding hydrogens is 160 g/mol. The first-order valence-corrected chi connectivity index (χ1v) is 5.29. The van der Waals surface area contributed by atoms with Crippen molar-refractivity contribution in [3.05, 3.63) is 0 Å². The summed E-state index contributed by atoms with van der Waals surface area (Å²) in [4.78, 5) is 4.63. The summed E-state index contributed by atoms with van der Waals surface area (Å²) >= 11 is 0. The molecule has 0 aromatic carbocycles. The van der Waals surface area contributed by atoms with Crippen molar-refractivity contribution in [3.63, 3.8) is 0 Å². The van der Waals surface area contributed by atoms with Crippen molar-refractivity contribution < 1.29 is 0 Å². The summed E-state index contributed by atoms with van der Waals surface area (Å²) in [6, 6.07) is 0. The lowest BCUT2D eigenvalue weighted by atomic mass is 9.71. The Labute approximate surface area is 81.8 Å². The van der Waals surface area contributed by atoms with Crippen LogP contribution in [0.1, 0.15) is 47.5 Å². The van der Waals surface area contributed by atoms with Crippen molar-refractivity contribution in [1.82, 2.24) is 5.32 Å². The minimum absolute atomic E-state index is 0.0660. The van der Waals surface area contributed by atoms with E-state index in [4.69, 9.17) is 0 Å². The summed E-state index contributed by atoms with van der Waals surface area (Å²) in [5, 5.41) is 3.34. The van der Waals surface area contributed by atoms with Crippen molar-refractivity contribution in [2.24, 2.45) is 10.9 Å². The van der Waals surface area contributed by atoms with Crippen LogP contribution in [0.15, 0.2) is 4.99 Å². The molecule has 0 aliphatic carbocycles. The second kappa shape index (κ2) is 3.32. The van der Waals surface area contributed by atoms with E-state index in [1.807, 2.05) is 6.34 Å². The molecule has 13 heavy (non-hydrogen) atoms. The third-order valence-corrected chi connectivity index (χ3v) is 3.80. The fraction of sp³-hybridized carbons (Fsp3) is 0.909. The van der Waals surface area contributed by atoms with E-state index in [0.717, 1.165) is 0 Å². The quantitative estimate of drug-likeness (QED) is 0.713. The van der Waals surface area contributed by atoms with Gasteiger partial charge < -0.3 is 5.32 Å². The molecule has 1 heterocycles. The van der Waals surface area contributed by atoms with Crippen molar-refractivity contribution in [3.8, 4) is 0 Å². The van der Waals surface area contributed by atoms with E-state index in [1.165, 1.54) is 12.8 Å². The molecule has 2 nitrogen and oxygen atoms in total. The molecule has 0 aromatic heterocycles. The van der Waals surface area contributed by atoms with Gasteiger partial charge in [-0.25, -0.2) is 0 Å². The van der Waals surface area contributed by atoms with Crippen molar-refractivity contribution in [1.29, 1.82) is 0 Å². The first kappa shape index (κ1) is 10.6. The maximum Gasteiger partial charge on any atom is 0.0848 e. The number of hydrogen-bond donors (Lipinski definition) is 1. The highest BCUT2D eigenvalue weighted by Gasteiger charge is 2.47. The van der Waals surface area contributed by atoms with Gasteiger partial charge in [0.2, 0.25) is 0 Å². The van der Waals surface area contributed by atoms with Crippen LogP contribution < -0.4 is 5.32 Å². The summed E-state index contributed by atoms with van der Waals surface area (Å²) in [6.45, 7) is 11.2. The zero-order valence-corrected chi connectivity index (χ0v) is 9.52. The van der Waals surface area contributed by atoms with Crippen LogP contribution in [-0.4, -0.2) is 17.4 Å². The molecule has 0 fully saturated rings. The second-order valence-corrected chi connectivity index (χ2v) is 4.69. The van der Waals surface area contributed by atoms with Gasteiger partial charge in [-0.05, 0) is 26.7 Å². The average Bonchev–Trinajstić information content (AvgIpc) is 2.30. The van der Waals surface area contributed by atoms with Gasteiger partial charge in [0, 0.05) is 0 Å². The van der Waals surface area contributed by atoms with Gasteiger partial charge in [-0.1, -0.05) is 26.7 Å². The van der Waals surface area contributed by atoms with Gasteiger partial charge in [0.05, 0.1) is 17.4 Å². The molecule has 0 radical (unpaired) electrons. The summed E-state index contributed by atoms with van der Waals surface area (Å²) in [7, 11) is 0. The Morgan fingerprint density at radius 3 is 2.08 bits per heavy atom. The van der Waals surface area contributed by atoms with Crippen LogP contribution in [0.2, 0.25) is 0 Å². The first-order valence-electron chi connectivity index (χ1n) is 5.29. The van der Waals surface area contributed by atoms with Gasteiger partial charge >= 0.3 is 0 Å². The lowest BCUT2D eigenvalue weighted by Crippen LogP contribution is -2.54. The Hall–Kier alpha value is -0.530. The van der Waals surface area contributed by atoms with Crippen molar-refractivity contribution in [2.75, 3.05) is 0 Å². The maximum absolute atomic E-state index is 4.63. The first-order chi connectivity index (χ1) is 5.98. The number of rotatable bonds is 3. The molecule has 1 unspecified atom stereocenters. The summed E-state index contributed by atoms with van der Waals surface area (Å²) in [5.74, 6) is 0.675. The Kier molecular flexibility index (Phi) is 2.69. The number of nitrogens with zero attached hydrogens (tertiary/aromatic N) is 1. The minimum atomic E-state index is 0.0660. The van der Waals surface area contributed by atoms with Gasteiger partial charge in [-0.2, -0.15) is 0 Å². The van der Waals surface area contributed by atoms with Gasteiger partial charge in [-0.15, -0.1) is 0 Å². The average molecular weight is 182 g/mol. The van der Waals surface area contributed by atoms with Crippen LogP contribution in [0.25, 0.3) is 0 Å². The van der Waals surface area contributed by atoms with E-state index in [9.17, 15) is 0 Å². The molecule has 2 heteroatoms. The highest BCUT2D eigenvalue weighted by Crippen LogP contribution is 2.39. The van der Waals surface area contributed by atoms with Gasteiger partial charge in [0.1, 0.15) is 0 Å². The Morgan fingerprint density at radius 1 is 1.23 bits per heavy atom. The molecular formula is C11H22N2. The Balaban J connectivity index is 2.91. The van der Waals surface area contributed by atoms with Crippen molar-refractivity contribution in [2.45, 2.75) is 58.5 Å². The summed E-state index contributed by atoms with van der Waals surface area (Å²) in [5.41, 5.74) is 0.167. The van der Waals surface area contributed by atoms with Gasteiger partial charge in [-0.3, -0.25) is 4.99 Å². The van der Waals surface area contributed by atoms with Gasteiger partial charge in [0.15, 0.2) is 0 Å². The van der Waals surface area contributed by atoms with Crippen molar-refractivity contribution >= 4 is 6.34 Å². The maximum atomic E-state index is 4.63. The lowest BCUT2D eigenvalue weighted by molar-refractivity contribution is 0.180. The molecule has 0 spiro atoms. The van der Waals surface area contributed by atoms with E-state index < -0.39 is 0 Å². The van der Waals surface area contributed by atoms with E-state index >= 15 is 0 Å². The molecule has 0 saturated heterocycles. The van der Waals surface area contributed by atoms with Crippen LogP contribution in [0, 0.1) is 5.92 Å². The summed E-state index contributed by atoms with van der Waals surface area (Å²) in [6.07, 6.45) is 4.28. The highest BCUT2D eigenvalue weighted by molar-refractivity contribution is 5.61. The van der Waals surface area contributed by atoms with E-state index in [1.54, 1.807) is 0 Å². The molecule has 1 aliphatic heterocycles. The number of nitrogens with one attached hydrogen (secondary N) is 1. The molecule has 0 saturated carbocycles. The standard InChI is InChI=1S/C11H22N2/c1-6-9(7-2)11(5)10(3,4)12-8-13-11/h8-9H,6-7H2,1-5H3,(H,12,13). The van der Waals surface area contributed by atoms with Crippen LogP contribution in [0.5, 0.6) is 0 Å². The smallest absolute Gasteiger partial charge is 0.0848 e. The number of aliphatic imine (C=N–C) groups is 1. The fourth-order valence-corrected chi connectivity index (χ4v) is 2.33. The molecule has 0 amide bonds. The Morgan fingerprint density at radius 2 is 1.77 bits per heavy atom. The third kappa shape index (κ3) is 1.47. The van der Waals surface area contributed by atoms with E-state index in [-0.39, 0.29) is 11.1 Å². The molecule has 0 bridgehead atoms.